The fourth-order valence-electron chi connectivity index (χ4n) is 1.05. The summed E-state index contributed by atoms with van der Waals surface area (Å²) < 4.78 is 9.91. The lowest BCUT2D eigenvalue weighted by atomic mass is 10.2. The van der Waals surface area contributed by atoms with Gasteiger partial charge in [-0.05, 0) is 6.92 Å². The number of aryl methyl sites for hydroxylation is 1. The molecular formula is C10H14N2O3. The lowest BCUT2D eigenvalue weighted by molar-refractivity contribution is 0.0599. The van der Waals surface area contributed by atoms with Crippen LogP contribution >= 0.6 is 0 Å². The van der Waals surface area contributed by atoms with E-state index < -0.39 is 5.97 Å². The van der Waals surface area contributed by atoms with Gasteiger partial charge in [-0.1, -0.05) is 0 Å². The third kappa shape index (κ3) is 2.83. The van der Waals surface area contributed by atoms with Gasteiger partial charge in [-0.2, -0.15) is 5.10 Å². The van der Waals surface area contributed by atoms with Gasteiger partial charge in [-0.3, -0.25) is 0 Å². The first kappa shape index (κ1) is 11.3. The summed E-state index contributed by atoms with van der Waals surface area (Å²) in [5.41, 5.74) is 0.428. The minimum atomic E-state index is -0.402. The highest BCUT2D eigenvalue weighted by molar-refractivity contribution is 5.92. The number of hydrogen-bond acceptors (Lipinski definition) is 5. The van der Waals surface area contributed by atoms with Crippen molar-refractivity contribution in [1.82, 2.24) is 5.01 Å². The first-order valence-corrected chi connectivity index (χ1v) is 4.44. The molecular weight excluding hydrogens is 196 g/mol. The summed E-state index contributed by atoms with van der Waals surface area (Å²) in [5.74, 6) is 0.657. The van der Waals surface area contributed by atoms with Gasteiger partial charge in [-0.15, -0.1) is 0 Å². The number of hydrazone groups is 1. The van der Waals surface area contributed by atoms with Gasteiger partial charge in [-0.25, -0.2) is 4.79 Å². The zero-order chi connectivity index (χ0) is 11.4. The predicted octanol–water partition coefficient (Wildman–Crippen LogP) is 1.27. The van der Waals surface area contributed by atoms with Crippen LogP contribution in [-0.4, -0.2) is 38.4 Å². The summed E-state index contributed by atoms with van der Waals surface area (Å²) in [6.45, 7) is 1.71. The Kier molecular flexibility index (Phi) is 3.49. The van der Waals surface area contributed by atoms with Crippen molar-refractivity contribution in [1.29, 1.82) is 0 Å². The molecule has 0 bridgehead atoms. The van der Waals surface area contributed by atoms with E-state index in [2.05, 4.69) is 9.84 Å². The number of methoxy groups -OCH3 is 1. The quantitative estimate of drug-likeness (QED) is 0.428. The smallest absolute Gasteiger partial charge is 0.341 e. The van der Waals surface area contributed by atoms with Crippen LogP contribution in [0.3, 0.4) is 0 Å². The third-order valence-electron chi connectivity index (χ3n) is 1.76. The molecule has 0 aliphatic rings. The van der Waals surface area contributed by atoms with Crippen molar-refractivity contribution in [3.05, 3.63) is 23.2 Å². The van der Waals surface area contributed by atoms with E-state index in [0.717, 1.165) is 0 Å². The molecule has 0 spiro atoms. The van der Waals surface area contributed by atoms with Gasteiger partial charge in [0.2, 0.25) is 0 Å². The normalized spacial score (nSPS) is 10.7. The van der Waals surface area contributed by atoms with Crippen molar-refractivity contribution in [2.24, 2.45) is 5.10 Å². The van der Waals surface area contributed by atoms with Crippen LogP contribution in [0.4, 0.5) is 0 Å². The number of carbonyl (C=O) groups is 1. The Morgan fingerprint density at radius 3 is 2.80 bits per heavy atom. The average Bonchev–Trinajstić information content (AvgIpc) is 2.55. The molecule has 1 heterocycles. The Morgan fingerprint density at radius 1 is 1.60 bits per heavy atom. The molecule has 1 aromatic rings. The predicted molar refractivity (Wildman–Crippen MR) is 56.1 cm³/mol. The monoisotopic (exact) mass is 210 g/mol. The number of esters is 1. The topological polar surface area (TPSA) is 55.0 Å². The van der Waals surface area contributed by atoms with Crippen molar-refractivity contribution < 1.29 is 13.9 Å². The molecule has 5 nitrogen and oxygen atoms in total. The van der Waals surface area contributed by atoms with Crippen LogP contribution in [0, 0.1) is 6.92 Å². The molecule has 0 aliphatic carbocycles. The van der Waals surface area contributed by atoms with Crippen LogP contribution in [-0.2, 0) is 4.74 Å². The molecule has 82 valence electrons. The summed E-state index contributed by atoms with van der Waals surface area (Å²) in [6.07, 6.45) is 1.54. The zero-order valence-corrected chi connectivity index (χ0v) is 9.27. The number of hydrogen-bond donors (Lipinski definition) is 0. The van der Waals surface area contributed by atoms with E-state index in [0.29, 0.717) is 17.1 Å². The maximum atomic E-state index is 11.2. The van der Waals surface area contributed by atoms with Crippen LogP contribution in [0.15, 0.2) is 15.6 Å². The first-order chi connectivity index (χ1) is 7.04. The van der Waals surface area contributed by atoms with Gasteiger partial charge < -0.3 is 14.2 Å². The number of nitrogens with zero attached hydrogens (tertiary/aromatic N) is 2. The van der Waals surface area contributed by atoms with Crippen molar-refractivity contribution in [2.45, 2.75) is 6.92 Å². The second-order valence-corrected chi connectivity index (χ2v) is 3.20. The fraction of sp³-hybridized carbons (Fsp3) is 0.400. The van der Waals surface area contributed by atoms with Crippen molar-refractivity contribution in [3.8, 4) is 0 Å². The van der Waals surface area contributed by atoms with Crippen molar-refractivity contribution >= 4 is 12.2 Å². The maximum Gasteiger partial charge on any atom is 0.341 e. The lowest BCUT2D eigenvalue weighted by Gasteiger charge is -2.00. The van der Waals surface area contributed by atoms with E-state index in [9.17, 15) is 4.79 Å². The van der Waals surface area contributed by atoms with E-state index in [1.165, 1.54) is 7.11 Å². The molecule has 0 amide bonds. The van der Waals surface area contributed by atoms with Crippen LogP contribution in [0.2, 0.25) is 0 Å². The number of carbonyl (C=O) groups excluding carboxylic acids is 1. The van der Waals surface area contributed by atoms with Crippen molar-refractivity contribution in [3.63, 3.8) is 0 Å². The van der Waals surface area contributed by atoms with E-state index in [-0.39, 0.29) is 0 Å². The molecule has 0 fully saturated rings. The van der Waals surface area contributed by atoms with E-state index >= 15 is 0 Å². The summed E-state index contributed by atoms with van der Waals surface area (Å²) in [6, 6.07) is 1.61. The first-order valence-electron chi connectivity index (χ1n) is 4.44. The molecule has 1 aromatic heterocycles. The van der Waals surface area contributed by atoms with Gasteiger partial charge >= 0.3 is 5.97 Å². The zero-order valence-electron chi connectivity index (χ0n) is 9.27. The number of furan rings is 1. The standard InChI is InChI=1S/C10H14N2O3/c1-7-9(10(13)14-4)5-8(15-7)6-11-12(2)3/h5-6H,1-4H3/b11-6+. The molecule has 0 atom stereocenters. The van der Waals surface area contributed by atoms with Crippen molar-refractivity contribution in [2.75, 3.05) is 21.2 Å². The van der Waals surface area contributed by atoms with Gasteiger partial charge in [0.15, 0.2) is 0 Å². The molecule has 0 saturated heterocycles. The average molecular weight is 210 g/mol. The number of ether oxygens (including phenoxy) is 1. The Hall–Kier alpha value is -1.78. The van der Waals surface area contributed by atoms with Gasteiger partial charge in [0, 0.05) is 20.2 Å². The Bertz CT molecular complexity index is 380. The molecule has 15 heavy (non-hydrogen) atoms. The molecule has 0 N–H and O–H groups in total. The molecule has 0 saturated carbocycles. The second-order valence-electron chi connectivity index (χ2n) is 3.20. The molecule has 5 heteroatoms. The van der Waals surface area contributed by atoms with E-state index in [1.54, 1.807) is 38.3 Å². The third-order valence-corrected chi connectivity index (χ3v) is 1.76. The molecule has 0 aliphatic heterocycles. The van der Waals surface area contributed by atoms with Gasteiger partial charge in [0.05, 0.1) is 13.3 Å². The highest BCUT2D eigenvalue weighted by Crippen LogP contribution is 2.14. The Labute approximate surface area is 88.3 Å². The minimum Gasteiger partial charge on any atom is -0.465 e. The van der Waals surface area contributed by atoms with Gasteiger partial charge in [0.1, 0.15) is 17.1 Å². The summed E-state index contributed by atoms with van der Waals surface area (Å²) in [7, 11) is 4.93. The van der Waals surface area contributed by atoms with Crippen LogP contribution < -0.4 is 0 Å². The SMILES string of the molecule is COC(=O)c1cc(/C=N/N(C)C)oc1C. The summed E-state index contributed by atoms with van der Waals surface area (Å²) >= 11 is 0. The Balaban J connectivity index is 2.91. The van der Waals surface area contributed by atoms with Crippen LogP contribution in [0.5, 0.6) is 0 Å². The molecule has 1 rings (SSSR count). The highest BCUT2D eigenvalue weighted by atomic mass is 16.5. The fourth-order valence-corrected chi connectivity index (χ4v) is 1.05. The molecule has 0 unspecified atom stereocenters. The largest absolute Gasteiger partial charge is 0.465 e. The highest BCUT2D eigenvalue weighted by Gasteiger charge is 2.14. The number of rotatable bonds is 3. The van der Waals surface area contributed by atoms with Crippen LogP contribution in [0.1, 0.15) is 21.9 Å². The van der Waals surface area contributed by atoms with Gasteiger partial charge in [0.25, 0.3) is 0 Å². The molecule has 0 radical (unpaired) electrons. The second kappa shape index (κ2) is 4.63. The summed E-state index contributed by atoms with van der Waals surface area (Å²) in [4.78, 5) is 11.2. The maximum absolute atomic E-state index is 11.2. The van der Waals surface area contributed by atoms with Crippen LogP contribution in [0.25, 0.3) is 0 Å². The summed E-state index contributed by atoms with van der Waals surface area (Å²) in [5, 5.41) is 5.63. The van der Waals surface area contributed by atoms with E-state index in [1.807, 2.05) is 0 Å². The Morgan fingerprint density at radius 2 is 2.27 bits per heavy atom. The lowest BCUT2D eigenvalue weighted by Crippen LogP contribution is -2.02. The molecule has 0 aromatic carbocycles. The van der Waals surface area contributed by atoms with E-state index in [4.69, 9.17) is 4.42 Å². The minimum absolute atomic E-state index is 0.402.